The molecule has 0 spiro atoms. The van der Waals surface area contributed by atoms with E-state index in [2.05, 4.69) is 9.46 Å². The normalized spacial score (nSPS) is 13.0. The van der Waals surface area contributed by atoms with Crippen molar-refractivity contribution in [2.75, 3.05) is 6.61 Å². The third-order valence-electron chi connectivity index (χ3n) is 3.22. The molecule has 0 aliphatic rings. The Hall–Kier alpha value is -2.03. The fourth-order valence-electron chi connectivity index (χ4n) is 2.19. The van der Waals surface area contributed by atoms with Gasteiger partial charge in [-0.15, -0.1) is 0 Å². The van der Waals surface area contributed by atoms with Crippen molar-refractivity contribution in [3.8, 4) is 5.75 Å². The van der Waals surface area contributed by atoms with E-state index in [9.17, 15) is 22.3 Å². The molecule has 0 fully saturated rings. The maximum atomic E-state index is 12.4. The summed E-state index contributed by atoms with van der Waals surface area (Å²) >= 11 is 0. The molecule has 0 saturated heterocycles. The number of aliphatic hydroxyl groups excluding tert-OH is 1. The van der Waals surface area contributed by atoms with Crippen LogP contribution in [0.15, 0.2) is 59.5 Å². The van der Waals surface area contributed by atoms with E-state index in [4.69, 9.17) is 0 Å². The molecular formula is C16H17F2NO4S. The summed E-state index contributed by atoms with van der Waals surface area (Å²) in [6.45, 7) is -3.58. The van der Waals surface area contributed by atoms with Crippen molar-refractivity contribution in [2.45, 2.75) is 24.0 Å². The van der Waals surface area contributed by atoms with Crippen molar-refractivity contribution in [3.63, 3.8) is 0 Å². The van der Waals surface area contributed by atoms with Crippen molar-refractivity contribution in [2.24, 2.45) is 0 Å². The molecule has 130 valence electrons. The molecule has 8 heteroatoms. The van der Waals surface area contributed by atoms with E-state index < -0.39 is 39.9 Å². The molecule has 0 unspecified atom stereocenters. The van der Waals surface area contributed by atoms with Gasteiger partial charge in [0.1, 0.15) is 10.6 Å². The SMILES string of the molecule is O=S(=O)(N[C@@H](CO)Cc1ccccc1)c1ccccc1OC(F)F. The van der Waals surface area contributed by atoms with Gasteiger partial charge in [-0.3, -0.25) is 0 Å². The molecule has 0 aliphatic heterocycles. The van der Waals surface area contributed by atoms with Gasteiger partial charge < -0.3 is 9.84 Å². The van der Waals surface area contributed by atoms with E-state index >= 15 is 0 Å². The van der Waals surface area contributed by atoms with Crippen molar-refractivity contribution < 1.29 is 27.0 Å². The number of alkyl halides is 2. The van der Waals surface area contributed by atoms with Gasteiger partial charge >= 0.3 is 6.61 Å². The van der Waals surface area contributed by atoms with E-state index in [1.807, 2.05) is 6.07 Å². The van der Waals surface area contributed by atoms with Gasteiger partial charge in [-0.1, -0.05) is 42.5 Å². The first-order valence-electron chi connectivity index (χ1n) is 7.13. The monoisotopic (exact) mass is 357 g/mol. The van der Waals surface area contributed by atoms with Crippen LogP contribution in [0.1, 0.15) is 5.56 Å². The first-order chi connectivity index (χ1) is 11.4. The number of halogens is 2. The largest absolute Gasteiger partial charge is 0.433 e. The Morgan fingerprint density at radius 1 is 1.04 bits per heavy atom. The lowest BCUT2D eigenvalue weighted by Crippen LogP contribution is -2.39. The summed E-state index contributed by atoms with van der Waals surface area (Å²) in [6.07, 6.45) is 0.258. The molecule has 2 rings (SSSR count). The van der Waals surface area contributed by atoms with E-state index in [0.717, 1.165) is 17.7 Å². The van der Waals surface area contributed by atoms with Crippen LogP contribution in [0.2, 0.25) is 0 Å². The van der Waals surface area contributed by atoms with Crippen LogP contribution in [0, 0.1) is 0 Å². The molecule has 0 radical (unpaired) electrons. The number of aliphatic hydroxyl groups is 1. The Kier molecular flexibility index (Phi) is 6.24. The average Bonchev–Trinajstić information content (AvgIpc) is 2.55. The fourth-order valence-corrected chi connectivity index (χ4v) is 3.55. The molecule has 1 atom stereocenters. The third-order valence-corrected chi connectivity index (χ3v) is 4.78. The highest BCUT2D eigenvalue weighted by atomic mass is 32.2. The lowest BCUT2D eigenvalue weighted by atomic mass is 10.1. The van der Waals surface area contributed by atoms with Gasteiger partial charge in [0.05, 0.1) is 6.61 Å². The second-order valence-corrected chi connectivity index (χ2v) is 6.70. The lowest BCUT2D eigenvalue weighted by molar-refractivity contribution is -0.0517. The lowest BCUT2D eigenvalue weighted by Gasteiger charge is -2.18. The zero-order valence-corrected chi connectivity index (χ0v) is 13.4. The highest BCUT2D eigenvalue weighted by molar-refractivity contribution is 7.89. The minimum Gasteiger partial charge on any atom is -0.433 e. The fraction of sp³-hybridized carbons (Fsp3) is 0.250. The van der Waals surface area contributed by atoms with Gasteiger partial charge in [0.25, 0.3) is 0 Å². The van der Waals surface area contributed by atoms with Gasteiger partial charge in [0.2, 0.25) is 10.0 Å². The first-order valence-corrected chi connectivity index (χ1v) is 8.61. The number of hydrogen-bond acceptors (Lipinski definition) is 4. The number of benzene rings is 2. The summed E-state index contributed by atoms with van der Waals surface area (Å²) in [5, 5.41) is 9.43. The average molecular weight is 357 g/mol. The predicted octanol–water partition coefficient (Wildman–Crippen LogP) is 2.17. The number of ether oxygens (including phenoxy) is 1. The smallest absolute Gasteiger partial charge is 0.387 e. The number of para-hydroxylation sites is 1. The minimum atomic E-state index is -4.14. The Labute approximate surface area is 138 Å². The second-order valence-electron chi connectivity index (χ2n) is 5.02. The minimum absolute atomic E-state index is 0.258. The molecule has 0 amide bonds. The molecular weight excluding hydrogens is 340 g/mol. The quantitative estimate of drug-likeness (QED) is 0.759. The summed E-state index contributed by atoms with van der Waals surface area (Å²) < 4.78 is 56.3. The standard InChI is InChI=1S/C16H17F2NO4S/c17-16(18)23-14-8-4-5-9-15(14)24(21,22)19-13(11-20)10-12-6-2-1-3-7-12/h1-9,13,16,19-20H,10-11H2/t13-/m1/s1. The summed E-state index contributed by atoms with van der Waals surface area (Å²) in [5.74, 6) is -0.448. The Bertz CT molecular complexity index is 754. The molecule has 24 heavy (non-hydrogen) atoms. The third kappa shape index (κ3) is 4.98. The molecule has 0 aliphatic carbocycles. The highest BCUT2D eigenvalue weighted by Gasteiger charge is 2.24. The summed E-state index contributed by atoms with van der Waals surface area (Å²) in [5.41, 5.74) is 0.830. The van der Waals surface area contributed by atoms with Crippen LogP contribution in [0.3, 0.4) is 0 Å². The van der Waals surface area contributed by atoms with Crippen LogP contribution in [-0.4, -0.2) is 32.8 Å². The van der Waals surface area contributed by atoms with E-state index in [-0.39, 0.29) is 6.42 Å². The van der Waals surface area contributed by atoms with Crippen LogP contribution in [0.4, 0.5) is 8.78 Å². The number of nitrogens with one attached hydrogen (secondary N) is 1. The highest BCUT2D eigenvalue weighted by Crippen LogP contribution is 2.25. The summed E-state index contributed by atoms with van der Waals surface area (Å²) in [7, 11) is -4.14. The van der Waals surface area contributed by atoms with Crippen LogP contribution in [0.25, 0.3) is 0 Å². The molecule has 0 aromatic heterocycles. The van der Waals surface area contributed by atoms with Crippen LogP contribution >= 0.6 is 0 Å². The molecule has 2 aromatic rings. The van der Waals surface area contributed by atoms with Gasteiger partial charge in [-0.25, -0.2) is 13.1 Å². The molecule has 2 N–H and O–H groups in total. The number of hydrogen-bond donors (Lipinski definition) is 2. The molecule has 0 bridgehead atoms. The van der Waals surface area contributed by atoms with Gasteiger partial charge in [0, 0.05) is 6.04 Å². The maximum absolute atomic E-state index is 12.4. The summed E-state index contributed by atoms with van der Waals surface area (Å²) in [4.78, 5) is -0.406. The predicted molar refractivity (Wildman–Crippen MR) is 84.4 cm³/mol. The van der Waals surface area contributed by atoms with Crippen molar-refractivity contribution >= 4 is 10.0 Å². The van der Waals surface area contributed by atoms with E-state index in [1.165, 1.54) is 12.1 Å². The zero-order chi connectivity index (χ0) is 17.6. The van der Waals surface area contributed by atoms with E-state index in [0.29, 0.717) is 0 Å². The van der Waals surface area contributed by atoms with Crippen LogP contribution < -0.4 is 9.46 Å². The molecule has 5 nitrogen and oxygen atoms in total. The van der Waals surface area contributed by atoms with Crippen LogP contribution in [-0.2, 0) is 16.4 Å². The van der Waals surface area contributed by atoms with Gasteiger partial charge in [0.15, 0.2) is 0 Å². The van der Waals surface area contributed by atoms with Crippen molar-refractivity contribution in [3.05, 3.63) is 60.2 Å². The van der Waals surface area contributed by atoms with Gasteiger partial charge in [-0.2, -0.15) is 8.78 Å². The Morgan fingerprint density at radius 2 is 1.67 bits per heavy atom. The number of rotatable bonds is 8. The Morgan fingerprint density at radius 3 is 2.29 bits per heavy atom. The van der Waals surface area contributed by atoms with E-state index in [1.54, 1.807) is 24.3 Å². The molecule has 2 aromatic carbocycles. The van der Waals surface area contributed by atoms with Crippen molar-refractivity contribution in [1.29, 1.82) is 0 Å². The van der Waals surface area contributed by atoms with Crippen molar-refractivity contribution in [1.82, 2.24) is 4.72 Å². The van der Waals surface area contributed by atoms with Gasteiger partial charge in [-0.05, 0) is 24.1 Å². The van der Waals surface area contributed by atoms with Crippen LogP contribution in [0.5, 0.6) is 5.75 Å². The zero-order valence-electron chi connectivity index (χ0n) is 12.6. The Balaban J connectivity index is 2.20. The maximum Gasteiger partial charge on any atom is 0.387 e. The second kappa shape index (κ2) is 8.18. The number of sulfonamides is 1. The molecule has 0 heterocycles. The molecule has 0 saturated carbocycles. The first kappa shape index (κ1) is 18.3. The summed E-state index contributed by atoms with van der Waals surface area (Å²) in [6, 6.07) is 13.3. The topological polar surface area (TPSA) is 75.6 Å².